The van der Waals surface area contributed by atoms with Gasteiger partial charge in [-0.25, -0.2) is 13.1 Å². The fourth-order valence-corrected chi connectivity index (χ4v) is 5.37. The predicted octanol–water partition coefficient (Wildman–Crippen LogP) is 2.21. The molecular weight excluding hydrogens is 304 g/mol. The molecule has 0 amide bonds. The van der Waals surface area contributed by atoms with E-state index < -0.39 is 10.0 Å². The number of halogens is 1. The molecule has 110 valence electrons. The van der Waals surface area contributed by atoms with Gasteiger partial charge in [0.15, 0.2) is 0 Å². The second kappa shape index (κ2) is 6.54. The van der Waals surface area contributed by atoms with Crippen LogP contribution in [0.25, 0.3) is 0 Å². The number of aryl methyl sites for hydroxylation is 2. The van der Waals surface area contributed by atoms with Gasteiger partial charge in [0.05, 0.1) is 0 Å². The van der Waals surface area contributed by atoms with E-state index in [0.29, 0.717) is 10.3 Å². The number of hydrogen-bond donors (Lipinski definition) is 2. The van der Waals surface area contributed by atoms with E-state index in [1.165, 1.54) is 11.3 Å². The summed E-state index contributed by atoms with van der Waals surface area (Å²) in [6.07, 6.45) is 1.70. The maximum atomic E-state index is 12.3. The van der Waals surface area contributed by atoms with Gasteiger partial charge in [-0.1, -0.05) is 0 Å². The number of thiophene rings is 1. The number of rotatable bonds is 3. The van der Waals surface area contributed by atoms with Crippen LogP contribution in [0.15, 0.2) is 10.3 Å². The summed E-state index contributed by atoms with van der Waals surface area (Å²) in [4.78, 5) is 1.03. The van der Waals surface area contributed by atoms with Gasteiger partial charge in [-0.2, -0.15) is 0 Å². The van der Waals surface area contributed by atoms with E-state index in [1.807, 2.05) is 19.9 Å². The zero-order valence-electron chi connectivity index (χ0n) is 11.4. The first kappa shape index (κ1) is 16.9. The lowest BCUT2D eigenvalue weighted by atomic mass is 10.0. The Morgan fingerprint density at radius 2 is 2.11 bits per heavy atom. The van der Waals surface area contributed by atoms with Crippen molar-refractivity contribution in [1.82, 2.24) is 10.0 Å². The average molecular weight is 325 g/mol. The predicted molar refractivity (Wildman–Crippen MR) is 81.8 cm³/mol. The minimum Gasteiger partial charge on any atom is -0.314 e. The van der Waals surface area contributed by atoms with Gasteiger partial charge >= 0.3 is 0 Å². The molecule has 1 aromatic heterocycles. The Kier molecular flexibility index (Phi) is 5.82. The molecule has 0 bridgehead atoms. The first-order chi connectivity index (χ1) is 8.38. The Balaban J connectivity index is 0.00000180. The van der Waals surface area contributed by atoms with E-state index in [0.717, 1.165) is 29.8 Å². The zero-order valence-corrected chi connectivity index (χ0v) is 13.8. The standard InChI is InChI=1S/C12H20N2O2S2.ClH/c1-8-6-10(3)17-12(8)18(15,16)14-11-4-5-13-9(2)7-11;/h6,9,11,13-14H,4-5,7H2,1-3H3;1H. The SMILES string of the molecule is Cc1cc(C)c(S(=O)(=O)NC2CCNC(C)C2)s1.Cl. The second-order valence-corrected chi connectivity index (χ2v) is 8.19. The number of hydrogen-bond acceptors (Lipinski definition) is 4. The smallest absolute Gasteiger partial charge is 0.250 e. The van der Waals surface area contributed by atoms with Gasteiger partial charge in [-0.3, -0.25) is 0 Å². The van der Waals surface area contributed by atoms with Gasteiger partial charge in [0, 0.05) is 17.0 Å². The number of nitrogens with one attached hydrogen (secondary N) is 2. The van der Waals surface area contributed by atoms with Crippen molar-refractivity contribution < 1.29 is 8.42 Å². The summed E-state index contributed by atoms with van der Waals surface area (Å²) in [7, 11) is -3.35. The molecule has 0 aromatic carbocycles. The molecule has 1 aromatic rings. The minimum absolute atomic E-state index is 0. The Bertz CT molecular complexity index is 528. The number of piperidine rings is 1. The van der Waals surface area contributed by atoms with Crippen molar-refractivity contribution in [3.8, 4) is 0 Å². The highest BCUT2D eigenvalue weighted by molar-refractivity contribution is 7.91. The highest BCUT2D eigenvalue weighted by Gasteiger charge is 2.26. The molecule has 1 aliphatic heterocycles. The zero-order chi connectivity index (χ0) is 13.3. The summed E-state index contributed by atoms with van der Waals surface area (Å²) in [5.74, 6) is 0. The van der Waals surface area contributed by atoms with E-state index >= 15 is 0 Å². The summed E-state index contributed by atoms with van der Waals surface area (Å²) >= 11 is 1.34. The second-order valence-electron chi connectivity index (χ2n) is 5.03. The van der Waals surface area contributed by atoms with Gasteiger partial charge in [0.25, 0.3) is 10.0 Å². The molecule has 19 heavy (non-hydrogen) atoms. The van der Waals surface area contributed by atoms with Crippen LogP contribution in [0.1, 0.15) is 30.2 Å². The van der Waals surface area contributed by atoms with Crippen LogP contribution in [0.2, 0.25) is 0 Å². The van der Waals surface area contributed by atoms with Crippen molar-refractivity contribution in [1.29, 1.82) is 0 Å². The van der Waals surface area contributed by atoms with Crippen molar-refractivity contribution in [2.45, 2.75) is 49.9 Å². The summed E-state index contributed by atoms with van der Waals surface area (Å²) in [6.45, 7) is 6.74. The molecule has 2 rings (SSSR count). The summed E-state index contributed by atoms with van der Waals surface area (Å²) < 4.78 is 27.9. The van der Waals surface area contributed by atoms with Gasteiger partial charge < -0.3 is 5.32 Å². The van der Waals surface area contributed by atoms with Gasteiger partial charge in [-0.05, 0) is 51.8 Å². The van der Waals surface area contributed by atoms with Gasteiger partial charge in [-0.15, -0.1) is 23.7 Å². The first-order valence-corrected chi connectivity index (χ1v) is 8.51. The summed E-state index contributed by atoms with van der Waals surface area (Å²) in [6, 6.07) is 2.34. The number of sulfonamides is 1. The Hall–Kier alpha value is -0.140. The molecule has 0 saturated carbocycles. The molecule has 0 aliphatic carbocycles. The molecule has 4 nitrogen and oxygen atoms in total. The minimum atomic E-state index is -3.35. The maximum Gasteiger partial charge on any atom is 0.250 e. The largest absolute Gasteiger partial charge is 0.314 e. The molecular formula is C12H21ClN2O2S2. The highest BCUT2D eigenvalue weighted by atomic mass is 35.5. The van der Waals surface area contributed by atoms with E-state index in [4.69, 9.17) is 0 Å². The molecule has 0 radical (unpaired) electrons. The van der Waals surface area contributed by atoms with Crippen molar-refractivity contribution in [3.05, 3.63) is 16.5 Å². The lowest BCUT2D eigenvalue weighted by Crippen LogP contribution is -2.46. The molecule has 0 spiro atoms. The van der Waals surface area contributed by atoms with Crippen LogP contribution < -0.4 is 10.0 Å². The third-order valence-corrected chi connectivity index (χ3v) is 6.49. The van der Waals surface area contributed by atoms with Gasteiger partial charge in [0.2, 0.25) is 0 Å². The van der Waals surface area contributed by atoms with Crippen molar-refractivity contribution in [2.24, 2.45) is 0 Å². The lowest BCUT2D eigenvalue weighted by molar-refractivity contribution is 0.361. The van der Waals surface area contributed by atoms with Crippen LogP contribution in [-0.4, -0.2) is 27.0 Å². The quantitative estimate of drug-likeness (QED) is 0.896. The fourth-order valence-electron chi connectivity index (χ4n) is 2.40. The molecule has 1 aliphatic rings. The maximum absolute atomic E-state index is 12.3. The van der Waals surface area contributed by atoms with Crippen molar-refractivity contribution >= 4 is 33.8 Å². The average Bonchev–Trinajstić information content (AvgIpc) is 2.58. The van der Waals surface area contributed by atoms with Crippen LogP contribution in [0.5, 0.6) is 0 Å². The Morgan fingerprint density at radius 3 is 2.63 bits per heavy atom. The third kappa shape index (κ3) is 4.16. The normalized spacial score (nSPS) is 23.9. The lowest BCUT2D eigenvalue weighted by Gasteiger charge is -2.28. The monoisotopic (exact) mass is 324 g/mol. The van der Waals surface area contributed by atoms with Crippen LogP contribution in [-0.2, 0) is 10.0 Å². The molecule has 2 atom stereocenters. The van der Waals surface area contributed by atoms with E-state index in [9.17, 15) is 8.42 Å². The highest BCUT2D eigenvalue weighted by Crippen LogP contribution is 2.26. The molecule has 1 fully saturated rings. The fraction of sp³-hybridized carbons (Fsp3) is 0.667. The molecule has 2 heterocycles. The summed E-state index contributed by atoms with van der Waals surface area (Å²) in [5.41, 5.74) is 0.840. The molecule has 7 heteroatoms. The first-order valence-electron chi connectivity index (χ1n) is 6.21. The molecule has 1 saturated heterocycles. The van der Waals surface area contributed by atoms with E-state index in [-0.39, 0.29) is 18.4 Å². The van der Waals surface area contributed by atoms with Crippen molar-refractivity contribution in [2.75, 3.05) is 6.54 Å². The molecule has 2 N–H and O–H groups in total. The Labute approximate surface area is 125 Å². The summed E-state index contributed by atoms with van der Waals surface area (Å²) in [5, 5.41) is 3.32. The topological polar surface area (TPSA) is 58.2 Å². The van der Waals surface area contributed by atoms with Crippen LogP contribution in [0, 0.1) is 13.8 Å². The van der Waals surface area contributed by atoms with Gasteiger partial charge in [0.1, 0.15) is 4.21 Å². The van der Waals surface area contributed by atoms with Crippen LogP contribution in [0.3, 0.4) is 0 Å². The van der Waals surface area contributed by atoms with Crippen molar-refractivity contribution in [3.63, 3.8) is 0 Å². The third-order valence-electron chi connectivity index (χ3n) is 3.18. The molecule has 2 unspecified atom stereocenters. The van der Waals surface area contributed by atoms with E-state index in [1.54, 1.807) is 0 Å². The Morgan fingerprint density at radius 1 is 1.42 bits per heavy atom. The van der Waals surface area contributed by atoms with Crippen LogP contribution >= 0.6 is 23.7 Å². The van der Waals surface area contributed by atoms with E-state index in [2.05, 4.69) is 17.0 Å². The van der Waals surface area contributed by atoms with Crippen LogP contribution in [0.4, 0.5) is 0 Å².